The molecule has 2 N–H and O–H groups in total. The van der Waals surface area contributed by atoms with Crippen molar-refractivity contribution in [2.75, 3.05) is 63.8 Å². The van der Waals surface area contributed by atoms with Crippen molar-refractivity contribution in [1.29, 1.82) is 0 Å². The number of piperazine rings is 1. The quantitative estimate of drug-likeness (QED) is 0.501. The number of hydrogen-bond acceptors (Lipinski definition) is 5. The van der Waals surface area contributed by atoms with Gasteiger partial charge >= 0.3 is 0 Å². The topological polar surface area (TPSA) is 59.0 Å². The highest BCUT2D eigenvalue weighted by molar-refractivity contribution is 5.80. The Morgan fingerprint density at radius 1 is 1.03 bits per heavy atom. The molecule has 2 fully saturated rings. The average Bonchev–Trinajstić information content (AvgIpc) is 2.79. The first-order valence-corrected chi connectivity index (χ1v) is 11.9. The van der Waals surface area contributed by atoms with Gasteiger partial charge < -0.3 is 25.3 Å². The predicted molar refractivity (Wildman–Crippen MR) is 126 cm³/mol. The average molecular weight is 416 g/mol. The number of likely N-dealkylation sites (N-methyl/N-ethyl adjacent to an activating group) is 1. The number of anilines is 1. The molecule has 1 aromatic rings. The first-order valence-electron chi connectivity index (χ1n) is 11.9. The molecule has 0 atom stereocenters. The van der Waals surface area contributed by atoms with Gasteiger partial charge in [-0.05, 0) is 50.9 Å². The van der Waals surface area contributed by atoms with E-state index < -0.39 is 0 Å². The minimum absolute atomic E-state index is 0.512. The smallest absolute Gasteiger partial charge is 0.191 e. The van der Waals surface area contributed by atoms with E-state index in [1.807, 2.05) is 6.20 Å². The van der Waals surface area contributed by atoms with Crippen LogP contribution in [0, 0.1) is 0 Å². The second-order valence-corrected chi connectivity index (χ2v) is 8.40. The number of nitrogens with one attached hydrogen (secondary N) is 2. The van der Waals surface area contributed by atoms with E-state index in [0.29, 0.717) is 12.6 Å². The van der Waals surface area contributed by atoms with Crippen LogP contribution in [0.5, 0.6) is 0 Å². The highest BCUT2D eigenvalue weighted by Gasteiger charge is 2.19. The number of likely N-dealkylation sites (tertiary alicyclic amines) is 1. The predicted octanol–water partition coefficient (Wildman–Crippen LogP) is 2.15. The molecular weight excluding hydrogens is 374 g/mol. The van der Waals surface area contributed by atoms with Crippen LogP contribution in [0.15, 0.2) is 23.3 Å². The molecule has 0 amide bonds. The number of aliphatic imine (C=N–C) groups is 1. The van der Waals surface area contributed by atoms with Gasteiger partial charge in [-0.15, -0.1) is 0 Å². The van der Waals surface area contributed by atoms with Gasteiger partial charge in [0.05, 0.1) is 6.54 Å². The van der Waals surface area contributed by atoms with Crippen LogP contribution in [0.25, 0.3) is 0 Å². The summed E-state index contributed by atoms with van der Waals surface area (Å²) in [5.74, 6) is 2.01. The lowest BCUT2D eigenvalue weighted by molar-refractivity contribution is 0.206. The van der Waals surface area contributed by atoms with Crippen molar-refractivity contribution < 1.29 is 0 Å². The molecule has 2 aliphatic heterocycles. The van der Waals surface area contributed by atoms with Crippen molar-refractivity contribution in [2.45, 2.75) is 52.6 Å². The van der Waals surface area contributed by atoms with Crippen LogP contribution in [0.2, 0.25) is 0 Å². The molecule has 0 saturated carbocycles. The number of nitrogens with zero attached hydrogens (tertiary/aromatic N) is 5. The van der Waals surface area contributed by atoms with Crippen molar-refractivity contribution >= 4 is 11.8 Å². The van der Waals surface area contributed by atoms with Gasteiger partial charge in [0.1, 0.15) is 5.82 Å². The van der Waals surface area contributed by atoms with Crippen molar-refractivity contribution in [3.8, 4) is 0 Å². The molecule has 168 valence electrons. The molecule has 2 aliphatic rings. The number of guanidine groups is 1. The number of hydrogen-bond donors (Lipinski definition) is 2. The lowest BCUT2D eigenvalue weighted by atomic mass is 10.1. The summed E-state index contributed by atoms with van der Waals surface area (Å²) in [4.78, 5) is 17.0. The van der Waals surface area contributed by atoms with E-state index in [1.54, 1.807) is 0 Å². The van der Waals surface area contributed by atoms with Gasteiger partial charge in [-0.3, -0.25) is 0 Å². The first kappa shape index (κ1) is 22.8. The van der Waals surface area contributed by atoms with Crippen LogP contribution >= 0.6 is 0 Å². The van der Waals surface area contributed by atoms with E-state index in [4.69, 9.17) is 9.98 Å². The Labute approximate surface area is 182 Å². The molecule has 3 rings (SSSR count). The van der Waals surface area contributed by atoms with Gasteiger partial charge in [-0.2, -0.15) is 0 Å². The summed E-state index contributed by atoms with van der Waals surface area (Å²) in [5, 5.41) is 7.04. The van der Waals surface area contributed by atoms with Crippen LogP contribution in [-0.2, 0) is 6.54 Å². The van der Waals surface area contributed by atoms with E-state index in [0.717, 1.165) is 56.6 Å². The first-order chi connectivity index (χ1) is 14.7. The van der Waals surface area contributed by atoms with Crippen molar-refractivity contribution in [1.82, 2.24) is 25.4 Å². The lowest BCUT2D eigenvalue weighted by Crippen LogP contribution is -2.48. The fourth-order valence-electron chi connectivity index (χ4n) is 4.29. The van der Waals surface area contributed by atoms with E-state index >= 15 is 0 Å². The van der Waals surface area contributed by atoms with E-state index in [1.165, 1.54) is 38.9 Å². The van der Waals surface area contributed by atoms with Crippen LogP contribution < -0.4 is 15.5 Å². The Hall–Kier alpha value is -1.86. The van der Waals surface area contributed by atoms with Crippen molar-refractivity contribution in [2.24, 2.45) is 4.99 Å². The molecule has 3 heterocycles. The molecule has 0 bridgehead atoms. The summed E-state index contributed by atoms with van der Waals surface area (Å²) in [7, 11) is 0. The second-order valence-electron chi connectivity index (χ2n) is 8.40. The molecule has 0 aliphatic carbocycles. The number of aromatic nitrogens is 1. The maximum absolute atomic E-state index is 4.82. The summed E-state index contributed by atoms with van der Waals surface area (Å²) in [6.07, 6.45) is 5.60. The highest BCUT2D eigenvalue weighted by Crippen LogP contribution is 2.15. The minimum atomic E-state index is 0.512. The number of piperidine rings is 1. The second kappa shape index (κ2) is 12.1. The van der Waals surface area contributed by atoms with Gasteiger partial charge in [0.25, 0.3) is 0 Å². The number of rotatable bonds is 8. The van der Waals surface area contributed by atoms with E-state index in [2.05, 4.69) is 58.2 Å². The summed E-state index contributed by atoms with van der Waals surface area (Å²) >= 11 is 0. The van der Waals surface area contributed by atoms with E-state index in [-0.39, 0.29) is 0 Å². The Morgan fingerprint density at radius 2 is 1.80 bits per heavy atom. The Balaban J connectivity index is 1.49. The van der Waals surface area contributed by atoms with Gasteiger partial charge in [0.2, 0.25) is 0 Å². The fourth-order valence-corrected chi connectivity index (χ4v) is 4.29. The maximum Gasteiger partial charge on any atom is 0.191 e. The van der Waals surface area contributed by atoms with Gasteiger partial charge in [-0.25, -0.2) is 9.98 Å². The molecule has 1 aromatic heterocycles. The highest BCUT2D eigenvalue weighted by atomic mass is 15.3. The molecular formula is C23H41N7. The molecule has 0 unspecified atom stereocenters. The zero-order valence-electron chi connectivity index (χ0n) is 19.2. The summed E-state index contributed by atoms with van der Waals surface area (Å²) < 4.78 is 0. The van der Waals surface area contributed by atoms with Crippen LogP contribution in [0.4, 0.5) is 5.82 Å². The molecule has 30 heavy (non-hydrogen) atoms. The zero-order valence-corrected chi connectivity index (χ0v) is 19.2. The Morgan fingerprint density at radius 3 is 2.40 bits per heavy atom. The van der Waals surface area contributed by atoms with Crippen molar-refractivity contribution in [3.05, 3.63) is 23.9 Å². The minimum Gasteiger partial charge on any atom is -0.357 e. The van der Waals surface area contributed by atoms with Crippen LogP contribution in [0.1, 0.15) is 45.6 Å². The third-order valence-corrected chi connectivity index (χ3v) is 6.18. The number of pyridine rings is 1. The van der Waals surface area contributed by atoms with Gasteiger partial charge in [0, 0.05) is 58.1 Å². The monoisotopic (exact) mass is 415 g/mol. The third-order valence-electron chi connectivity index (χ3n) is 6.18. The van der Waals surface area contributed by atoms with Gasteiger partial charge in [0.15, 0.2) is 5.96 Å². The third kappa shape index (κ3) is 6.84. The molecule has 2 saturated heterocycles. The normalized spacial score (nSPS) is 19.8. The molecule has 0 aromatic carbocycles. The summed E-state index contributed by atoms with van der Waals surface area (Å²) in [6.45, 7) is 17.2. The summed E-state index contributed by atoms with van der Waals surface area (Å²) in [6, 6.07) is 4.83. The molecule has 7 heteroatoms. The summed E-state index contributed by atoms with van der Waals surface area (Å²) in [5.41, 5.74) is 1.15. The SMILES string of the molecule is CCCN1CCC(NC(=NCc2ccc(N3CCN(CC)CC3)nc2)NCC)CC1. The zero-order chi connectivity index (χ0) is 21.2. The Bertz CT molecular complexity index is 629. The molecule has 0 spiro atoms. The Kier molecular flexibility index (Phi) is 9.21. The molecule has 7 nitrogen and oxygen atoms in total. The van der Waals surface area contributed by atoms with Gasteiger partial charge in [-0.1, -0.05) is 19.9 Å². The van der Waals surface area contributed by atoms with Crippen molar-refractivity contribution in [3.63, 3.8) is 0 Å². The standard InChI is InChI=1S/C23H41N7/c1-4-11-29-12-9-21(10-13-29)27-23(24-5-2)26-19-20-7-8-22(25-18-20)30-16-14-28(6-3)15-17-30/h7-8,18,21H,4-6,9-17,19H2,1-3H3,(H2,24,26,27). The largest absolute Gasteiger partial charge is 0.357 e. The fraction of sp³-hybridized carbons (Fsp3) is 0.739. The van der Waals surface area contributed by atoms with Crippen LogP contribution in [-0.4, -0.2) is 85.7 Å². The lowest BCUT2D eigenvalue weighted by Gasteiger charge is -2.34. The maximum atomic E-state index is 4.82. The van der Waals surface area contributed by atoms with Crippen LogP contribution in [0.3, 0.4) is 0 Å². The molecule has 0 radical (unpaired) electrons. The van der Waals surface area contributed by atoms with E-state index in [9.17, 15) is 0 Å².